The van der Waals surface area contributed by atoms with Gasteiger partial charge in [-0.15, -0.1) is 0 Å². The molecule has 0 radical (unpaired) electrons. The molecule has 3 atom stereocenters. The Labute approximate surface area is 153 Å². The quantitative estimate of drug-likeness (QED) is 0.875. The Hall–Kier alpha value is -2.28. The Balaban J connectivity index is 1.50. The molecule has 4 rings (SSSR count). The minimum atomic E-state index is -0.0993. The lowest BCUT2D eigenvalue weighted by Crippen LogP contribution is -2.50. The molecule has 7 heteroatoms. The lowest BCUT2D eigenvalue weighted by Gasteiger charge is -2.33. The summed E-state index contributed by atoms with van der Waals surface area (Å²) in [5.74, 6) is 1.72. The molecule has 0 spiro atoms. The van der Waals surface area contributed by atoms with Gasteiger partial charge >= 0.3 is 0 Å². The van der Waals surface area contributed by atoms with Crippen molar-refractivity contribution < 1.29 is 19.1 Å². The highest BCUT2D eigenvalue weighted by atomic mass is 16.7. The molecule has 0 aromatic heterocycles. The molecule has 1 aromatic rings. The van der Waals surface area contributed by atoms with Gasteiger partial charge in [0.15, 0.2) is 11.5 Å². The van der Waals surface area contributed by atoms with Crippen LogP contribution < -0.4 is 14.8 Å². The summed E-state index contributed by atoms with van der Waals surface area (Å²) in [6.45, 7) is 5.77. The molecule has 1 aromatic carbocycles. The Morgan fingerprint density at radius 3 is 2.69 bits per heavy atom. The number of carbonyl (C=O) groups is 2. The largest absolute Gasteiger partial charge is 0.454 e. The van der Waals surface area contributed by atoms with Crippen LogP contribution in [-0.2, 0) is 4.79 Å². The highest BCUT2D eigenvalue weighted by Crippen LogP contribution is 2.38. The van der Waals surface area contributed by atoms with Crippen molar-refractivity contribution in [1.29, 1.82) is 0 Å². The second-order valence-corrected chi connectivity index (χ2v) is 7.51. The fraction of sp³-hybridized carbons (Fsp3) is 0.579. The van der Waals surface area contributed by atoms with Gasteiger partial charge in [0, 0.05) is 37.8 Å². The summed E-state index contributed by atoms with van der Waals surface area (Å²) in [6, 6.07) is 5.72. The number of ether oxygens (including phenoxy) is 2. The minimum absolute atomic E-state index is 0.0119. The van der Waals surface area contributed by atoms with E-state index in [1.165, 1.54) is 0 Å². The van der Waals surface area contributed by atoms with Crippen molar-refractivity contribution in [3.05, 3.63) is 23.8 Å². The first kappa shape index (κ1) is 17.1. The van der Waals surface area contributed by atoms with E-state index in [4.69, 9.17) is 9.47 Å². The molecule has 0 unspecified atom stereocenters. The molecule has 3 aliphatic rings. The van der Waals surface area contributed by atoms with E-state index in [-0.39, 0.29) is 36.7 Å². The van der Waals surface area contributed by atoms with Gasteiger partial charge in [0.05, 0.1) is 6.04 Å². The van der Waals surface area contributed by atoms with Crippen LogP contribution >= 0.6 is 0 Å². The number of likely N-dealkylation sites (N-methyl/N-ethyl adjacent to an activating group) is 1. The molecule has 2 saturated heterocycles. The molecule has 3 heterocycles. The zero-order valence-electron chi connectivity index (χ0n) is 15.4. The molecule has 7 nitrogen and oxygen atoms in total. The summed E-state index contributed by atoms with van der Waals surface area (Å²) < 4.78 is 10.7. The number of nitrogens with zero attached hydrogens (tertiary/aromatic N) is 2. The van der Waals surface area contributed by atoms with Gasteiger partial charge in [0.1, 0.15) is 0 Å². The summed E-state index contributed by atoms with van der Waals surface area (Å²) in [6.07, 6.45) is 0.799. The van der Waals surface area contributed by atoms with E-state index in [0.29, 0.717) is 36.1 Å². The number of benzene rings is 1. The molecule has 0 bridgehead atoms. The first-order valence-corrected chi connectivity index (χ1v) is 9.17. The second kappa shape index (κ2) is 6.46. The Kier molecular flexibility index (Phi) is 4.26. The average molecular weight is 359 g/mol. The molecule has 0 saturated carbocycles. The molecule has 1 N–H and O–H groups in total. The van der Waals surface area contributed by atoms with Crippen LogP contribution in [0.5, 0.6) is 11.5 Å². The zero-order valence-corrected chi connectivity index (χ0v) is 15.4. The van der Waals surface area contributed by atoms with Crippen LogP contribution in [0.3, 0.4) is 0 Å². The first-order valence-electron chi connectivity index (χ1n) is 9.17. The van der Waals surface area contributed by atoms with Crippen LogP contribution in [0.2, 0.25) is 0 Å². The van der Waals surface area contributed by atoms with Gasteiger partial charge in [-0.3, -0.25) is 14.5 Å². The van der Waals surface area contributed by atoms with Crippen molar-refractivity contribution in [2.75, 3.05) is 26.9 Å². The van der Waals surface area contributed by atoms with E-state index in [0.717, 1.165) is 6.42 Å². The number of likely N-dealkylation sites (tertiary alicyclic amines) is 2. The number of hydrogen-bond donors (Lipinski definition) is 1. The van der Waals surface area contributed by atoms with Gasteiger partial charge in [0.2, 0.25) is 12.7 Å². The first-order chi connectivity index (χ1) is 12.5. The number of nitrogens with one attached hydrogen (secondary N) is 1. The summed E-state index contributed by atoms with van der Waals surface area (Å²) >= 11 is 0. The molecule has 2 amide bonds. The van der Waals surface area contributed by atoms with Gasteiger partial charge in [-0.1, -0.05) is 0 Å². The standard InChI is InChI=1S/C19H25N3O4/c1-11(2)22-14(18(23)20-3)6-13-8-21(9-15(13)22)19(24)12-4-5-16-17(7-12)26-10-25-16/h4-5,7,11,13-15H,6,8-10H2,1-3H3,(H,20,23)/t13-,14-,15+/m1/s1. The predicted octanol–water partition coefficient (Wildman–Crippen LogP) is 1.08. The lowest BCUT2D eigenvalue weighted by atomic mass is 10.0. The molecule has 3 aliphatic heterocycles. The van der Waals surface area contributed by atoms with Gasteiger partial charge in [-0.05, 0) is 44.4 Å². The highest BCUT2D eigenvalue weighted by Gasteiger charge is 2.50. The molecular weight excluding hydrogens is 334 g/mol. The molecule has 2 fully saturated rings. The fourth-order valence-corrected chi connectivity index (χ4v) is 4.59. The van der Waals surface area contributed by atoms with Crippen LogP contribution in [0.4, 0.5) is 0 Å². The highest BCUT2D eigenvalue weighted by molar-refractivity contribution is 5.95. The summed E-state index contributed by atoms with van der Waals surface area (Å²) in [5.41, 5.74) is 0.619. The van der Waals surface area contributed by atoms with E-state index >= 15 is 0 Å². The van der Waals surface area contributed by atoms with Crippen LogP contribution in [0.1, 0.15) is 30.6 Å². The van der Waals surface area contributed by atoms with Crippen LogP contribution in [0, 0.1) is 5.92 Å². The number of fused-ring (bicyclic) bond motifs is 2. The zero-order chi connectivity index (χ0) is 18.4. The minimum Gasteiger partial charge on any atom is -0.454 e. The van der Waals surface area contributed by atoms with Crippen molar-refractivity contribution in [3.8, 4) is 11.5 Å². The SMILES string of the molecule is CNC(=O)[C@H]1C[C@@H]2CN(C(=O)c3ccc4c(c3)OCO4)C[C@@H]2N1C(C)C. The van der Waals surface area contributed by atoms with Crippen molar-refractivity contribution >= 4 is 11.8 Å². The molecule has 0 aliphatic carbocycles. The predicted molar refractivity (Wildman–Crippen MR) is 95.2 cm³/mol. The Morgan fingerprint density at radius 2 is 1.96 bits per heavy atom. The van der Waals surface area contributed by atoms with E-state index in [2.05, 4.69) is 24.1 Å². The van der Waals surface area contributed by atoms with Gasteiger partial charge in [0.25, 0.3) is 5.91 Å². The summed E-state index contributed by atoms with van der Waals surface area (Å²) in [7, 11) is 1.68. The van der Waals surface area contributed by atoms with Crippen molar-refractivity contribution in [3.63, 3.8) is 0 Å². The smallest absolute Gasteiger partial charge is 0.254 e. The van der Waals surface area contributed by atoms with Crippen molar-refractivity contribution in [1.82, 2.24) is 15.1 Å². The third-order valence-electron chi connectivity index (χ3n) is 5.73. The maximum Gasteiger partial charge on any atom is 0.254 e. The van der Waals surface area contributed by atoms with Gasteiger partial charge < -0.3 is 19.7 Å². The maximum atomic E-state index is 13.0. The van der Waals surface area contributed by atoms with Crippen LogP contribution in [0.15, 0.2) is 18.2 Å². The van der Waals surface area contributed by atoms with Crippen LogP contribution in [-0.4, -0.2) is 66.7 Å². The summed E-state index contributed by atoms with van der Waals surface area (Å²) in [5, 5.41) is 2.78. The molecule has 140 valence electrons. The monoisotopic (exact) mass is 359 g/mol. The van der Waals surface area contributed by atoms with E-state index in [1.807, 2.05) is 4.90 Å². The van der Waals surface area contributed by atoms with E-state index in [1.54, 1.807) is 25.2 Å². The van der Waals surface area contributed by atoms with Gasteiger partial charge in [-0.25, -0.2) is 0 Å². The van der Waals surface area contributed by atoms with Crippen molar-refractivity contribution in [2.45, 2.75) is 38.4 Å². The third kappa shape index (κ3) is 2.70. The number of amides is 2. The van der Waals surface area contributed by atoms with Crippen molar-refractivity contribution in [2.24, 2.45) is 5.92 Å². The normalized spacial score (nSPS) is 27.1. The second-order valence-electron chi connectivity index (χ2n) is 7.51. The number of carbonyl (C=O) groups excluding carboxylic acids is 2. The topological polar surface area (TPSA) is 71.1 Å². The molecular formula is C19H25N3O4. The summed E-state index contributed by atoms with van der Waals surface area (Å²) in [4.78, 5) is 29.4. The molecule has 26 heavy (non-hydrogen) atoms. The average Bonchev–Trinajstić information content (AvgIpc) is 3.32. The van der Waals surface area contributed by atoms with E-state index in [9.17, 15) is 9.59 Å². The maximum absolute atomic E-state index is 13.0. The van der Waals surface area contributed by atoms with E-state index < -0.39 is 0 Å². The lowest BCUT2D eigenvalue weighted by molar-refractivity contribution is -0.126. The third-order valence-corrected chi connectivity index (χ3v) is 5.73. The Morgan fingerprint density at radius 1 is 1.19 bits per heavy atom. The fourth-order valence-electron chi connectivity index (χ4n) is 4.59. The Bertz CT molecular complexity index is 735. The number of rotatable bonds is 3. The van der Waals surface area contributed by atoms with Crippen LogP contribution in [0.25, 0.3) is 0 Å². The van der Waals surface area contributed by atoms with Gasteiger partial charge in [-0.2, -0.15) is 0 Å². The number of hydrogen-bond acceptors (Lipinski definition) is 5.